The minimum absolute atomic E-state index is 0.283. The molecule has 0 saturated heterocycles. The highest BCUT2D eigenvalue weighted by Crippen LogP contribution is 2.34. The lowest BCUT2D eigenvalue weighted by molar-refractivity contribution is -0.185. The molecule has 0 saturated carbocycles. The Hall–Kier alpha value is -5.06. The molecular formula is C48H64N2O8. The molecule has 0 amide bonds. The van der Waals surface area contributed by atoms with Crippen molar-refractivity contribution in [2.45, 2.75) is 91.5 Å². The van der Waals surface area contributed by atoms with E-state index in [9.17, 15) is 9.59 Å². The summed E-state index contributed by atoms with van der Waals surface area (Å²) in [5.74, 6) is 0.269. The van der Waals surface area contributed by atoms with Crippen LogP contribution in [0.15, 0.2) is 97.1 Å². The van der Waals surface area contributed by atoms with E-state index in [-0.39, 0.29) is 12.8 Å². The molecule has 2 atom stereocenters. The highest BCUT2D eigenvalue weighted by atomic mass is 16.6. The van der Waals surface area contributed by atoms with Gasteiger partial charge >= 0.3 is 11.9 Å². The highest BCUT2D eigenvalue weighted by molar-refractivity contribution is 6.29. The van der Waals surface area contributed by atoms with Crippen LogP contribution in [0.3, 0.4) is 0 Å². The normalized spacial score (nSPS) is 12.2. The average Bonchev–Trinajstić information content (AvgIpc) is 3.24. The van der Waals surface area contributed by atoms with Gasteiger partial charge in [-0.25, -0.2) is 9.59 Å². The number of nitrogens with zero attached hydrogens (tertiary/aromatic N) is 2. The molecular weight excluding hydrogens is 733 g/mol. The van der Waals surface area contributed by atoms with Crippen molar-refractivity contribution in [3.05, 3.63) is 119 Å². The summed E-state index contributed by atoms with van der Waals surface area (Å²) in [6, 6.07) is 31.7. The molecule has 0 aromatic heterocycles. The van der Waals surface area contributed by atoms with Crippen molar-refractivity contribution in [3.8, 4) is 23.0 Å². The van der Waals surface area contributed by atoms with E-state index in [4.69, 9.17) is 28.4 Å². The summed E-state index contributed by atoms with van der Waals surface area (Å²) in [6.07, 6.45) is 3.81. The summed E-state index contributed by atoms with van der Waals surface area (Å²) in [5.41, 5.74) is 3.94. The largest absolute Gasteiger partial charge is 0.493 e. The lowest BCUT2D eigenvalue weighted by Gasteiger charge is -2.33. The van der Waals surface area contributed by atoms with Crippen molar-refractivity contribution in [1.82, 2.24) is 9.80 Å². The summed E-state index contributed by atoms with van der Waals surface area (Å²) < 4.78 is 36.5. The lowest BCUT2D eigenvalue weighted by Crippen LogP contribution is -2.45. The second-order valence-corrected chi connectivity index (χ2v) is 14.3. The molecule has 0 aliphatic carbocycles. The summed E-state index contributed by atoms with van der Waals surface area (Å²) in [6.45, 7) is 11.9. The molecule has 10 nitrogen and oxygen atoms in total. The molecule has 10 heteroatoms. The maximum atomic E-state index is 13.9. The van der Waals surface area contributed by atoms with Crippen LogP contribution in [-0.2, 0) is 44.7 Å². The maximum Gasteiger partial charge on any atom is 0.419 e. The van der Waals surface area contributed by atoms with Crippen molar-refractivity contribution in [3.63, 3.8) is 0 Å². The first-order valence-corrected chi connectivity index (χ1v) is 20.9. The average molecular weight is 797 g/mol. The van der Waals surface area contributed by atoms with E-state index in [0.717, 1.165) is 47.9 Å². The lowest BCUT2D eigenvalue weighted by atomic mass is 10.1. The Kier molecular flexibility index (Phi) is 19.9. The SMILES string of the molecule is CCCN(CCC)C(Cc1cccc(OC)c1OCCc1ccccc1)OC(=O)C(=O)OC(Cc1cccc(OC)c1OCCc1ccccc1)N(CCC)CCC. The second kappa shape index (κ2) is 25.3. The number of rotatable bonds is 26. The van der Waals surface area contributed by atoms with Gasteiger partial charge in [-0.15, -0.1) is 0 Å². The van der Waals surface area contributed by atoms with Gasteiger partial charge in [-0.05, 0) is 48.9 Å². The van der Waals surface area contributed by atoms with Gasteiger partial charge in [0.1, 0.15) is 0 Å². The fourth-order valence-electron chi connectivity index (χ4n) is 7.08. The van der Waals surface area contributed by atoms with Crippen LogP contribution >= 0.6 is 0 Å². The second-order valence-electron chi connectivity index (χ2n) is 14.3. The van der Waals surface area contributed by atoms with Gasteiger partial charge in [0.05, 0.1) is 27.4 Å². The number of para-hydroxylation sites is 2. The molecule has 0 radical (unpaired) electrons. The molecule has 0 fully saturated rings. The molecule has 4 aromatic rings. The van der Waals surface area contributed by atoms with E-state index in [1.807, 2.05) is 72.8 Å². The molecule has 0 N–H and O–H groups in total. The summed E-state index contributed by atoms with van der Waals surface area (Å²) >= 11 is 0. The van der Waals surface area contributed by atoms with Crippen LogP contribution in [0, 0.1) is 0 Å². The first-order chi connectivity index (χ1) is 28.3. The number of methoxy groups -OCH3 is 2. The highest BCUT2D eigenvalue weighted by Gasteiger charge is 2.32. The van der Waals surface area contributed by atoms with E-state index < -0.39 is 24.4 Å². The van der Waals surface area contributed by atoms with Crippen molar-refractivity contribution >= 4 is 11.9 Å². The number of benzene rings is 4. The number of hydrogen-bond acceptors (Lipinski definition) is 10. The van der Waals surface area contributed by atoms with Crippen LogP contribution in [0.5, 0.6) is 23.0 Å². The Morgan fingerprint density at radius 3 is 1.19 bits per heavy atom. The van der Waals surface area contributed by atoms with Crippen molar-refractivity contribution in [2.75, 3.05) is 53.6 Å². The Morgan fingerprint density at radius 1 is 0.500 bits per heavy atom. The molecule has 0 bridgehead atoms. The molecule has 0 aliphatic heterocycles. The van der Waals surface area contributed by atoms with E-state index >= 15 is 0 Å². The molecule has 0 aliphatic rings. The predicted octanol–water partition coefficient (Wildman–Crippen LogP) is 8.71. The van der Waals surface area contributed by atoms with Gasteiger partial charge in [0, 0.05) is 63.0 Å². The van der Waals surface area contributed by atoms with Crippen LogP contribution in [0.25, 0.3) is 0 Å². The minimum atomic E-state index is -1.04. The summed E-state index contributed by atoms with van der Waals surface area (Å²) in [5, 5.41) is 0. The fourth-order valence-corrected chi connectivity index (χ4v) is 7.08. The Bertz CT molecular complexity index is 1640. The van der Waals surface area contributed by atoms with Gasteiger partial charge in [0.2, 0.25) is 0 Å². The third kappa shape index (κ3) is 14.1. The van der Waals surface area contributed by atoms with Crippen LogP contribution < -0.4 is 18.9 Å². The molecule has 0 heterocycles. The fraction of sp³-hybridized carbons (Fsp3) is 0.458. The quantitative estimate of drug-likeness (QED) is 0.0349. The van der Waals surface area contributed by atoms with E-state index in [2.05, 4.69) is 61.8 Å². The summed E-state index contributed by atoms with van der Waals surface area (Å²) in [4.78, 5) is 32.0. The molecule has 58 heavy (non-hydrogen) atoms. The molecule has 4 rings (SSSR count). The van der Waals surface area contributed by atoms with Crippen LogP contribution in [0.2, 0.25) is 0 Å². The Balaban J connectivity index is 1.57. The minimum Gasteiger partial charge on any atom is -0.493 e. The monoisotopic (exact) mass is 796 g/mol. The number of ether oxygens (including phenoxy) is 6. The Morgan fingerprint density at radius 2 is 0.862 bits per heavy atom. The molecule has 2 unspecified atom stereocenters. The van der Waals surface area contributed by atoms with E-state index in [1.54, 1.807) is 14.2 Å². The number of carbonyl (C=O) groups is 2. The van der Waals surface area contributed by atoms with Gasteiger partial charge in [-0.2, -0.15) is 0 Å². The zero-order chi connectivity index (χ0) is 41.5. The zero-order valence-corrected chi connectivity index (χ0v) is 35.5. The van der Waals surface area contributed by atoms with E-state index in [1.165, 1.54) is 0 Å². The van der Waals surface area contributed by atoms with Gasteiger partial charge < -0.3 is 28.4 Å². The standard InChI is InChI=1S/C48H64N2O8/c1-7-29-49(30-8-2)43(35-39-23-17-25-41(53-5)45(39)55-33-27-37-19-13-11-14-20-37)57-47(51)48(52)58-44(50(31-9-3)32-10-4)36-40-24-18-26-42(54-6)46(40)56-34-28-38-21-15-12-16-22-38/h11-26,43-44H,7-10,27-36H2,1-6H3. The number of carbonyl (C=O) groups excluding carboxylic acids is 2. The molecule has 314 valence electrons. The Labute approximate surface area is 346 Å². The molecule has 4 aromatic carbocycles. The van der Waals surface area contributed by atoms with Gasteiger partial charge in [-0.3, -0.25) is 9.80 Å². The zero-order valence-electron chi connectivity index (χ0n) is 35.5. The van der Waals surface area contributed by atoms with Crippen LogP contribution in [-0.4, -0.2) is 87.8 Å². The van der Waals surface area contributed by atoms with Crippen LogP contribution in [0.4, 0.5) is 0 Å². The predicted molar refractivity (Wildman–Crippen MR) is 229 cm³/mol. The first kappa shape index (κ1) is 45.6. The summed E-state index contributed by atoms with van der Waals surface area (Å²) in [7, 11) is 3.22. The van der Waals surface area contributed by atoms with Crippen molar-refractivity contribution in [1.29, 1.82) is 0 Å². The third-order valence-electron chi connectivity index (χ3n) is 9.82. The van der Waals surface area contributed by atoms with Crippen LogP contribution in [0.1, 0.15) is 75.6 Å². The van der Waals surface area contributed by atoms with Gasteiger partial charge in [0.25, 0.3) is 0 Å². The smallest absolute Gasteiger partial charge is 0.419 e. The maximum absolute atomic E-state index is 13.9. The van der Waals surface area contributed by atoms with E-state index in [0.29, 0.717) is 75.2 Å². The molecule has 0 spiro atoms. The topological polar surface area (TPSA) is 96.0 Å². The van der Waals surface area contributed by atoms with Crippen molar-refractivity contribution in [2.24, 2.45) is 0 Å². The van der Waals surface area contributed by atoms with Crippen molar-refractivity contribution < 1.29 is 38.0 Å². The van der Waals surface area contributed by atoms with Gasteiger partial charge in [0.15, 0.2) is 35.5 Å². The first-order valence-electron chi connectivity index (χ1n) is 20.9. The van der Waals surface area contributed by atoms with Gasteiger partial charge in [-0.1, -0.05) is 113 Å². The number of esters is 2. The third-order valence-corrected chi connectivity index (χ3v) is 9.82. The number of hydrogen-bond donors (Lipinski definition) is 0.